The molecule has 6 unspecified atom stereocenters. The van der Waals surface area contributed by atoms with Crippen LogP contribution in [0.5, 0.6) is 11.5 Å². The maximum Gasteiger partial charge on any atom is 0.230 e. The summed E-state index contributed by atoms with van der Waals surface area (Å²) in [5.41, 5.74) is 4.44. The predicted octanol–water partition coefficient (Wildman–Crippen LogP) is 7.89. The van der Waals surface area contributed by atoms with Crippen molar-refractivity contribution in [3.63, 3.8) is 0 Å². The summed E-state index contributed by atoms with van der Waals surface area (Å²) in [6.45, 7) is 9.15. The van der Waals surface area contributed by atoms with Crippen molar-refractivity contribution in [1.82, 2.24) is 4.90 Å². The molecule has 9 heteroatoms. The summed E-state index contributed by atoms with van der Waals surface area (Å²) in [7, 11) is 0. The summed E-state index contributed by atoms with van der Waals surface area (Å²) in [6.07, 6.45) is 15.3. The number of nitrogens with zero attached hydrogens (tertiary/aromatic N) is 2. The number of allylic oxidation sites excluding steroid dienone is 1. The van der Waals surface area contributed by atoms with E-state index in [1.165, 1.54) is 36.8 Å². The summed E-state index contributed by atoms with van der Waals surface area (Å²) in [6, 6.07) is 16.7. The highest BCUT2D eigenvalue weighted by atomic mass is 32.2. The Bertz CT molecular complexity index is 1520. The van der Waals surface area contributed by atoms with E-state index < -0.39 is 5.79 Å². The topological polar surface area (TPSA) is 92.8 Å². The molecule has 0 spiro atoms. The van der Waals surface area contributed by atoms with E-state index in [0.29, 0.717) is 31.5 Å². The van der Waals surface area contributed by atoms with Gasteiger partial charge in [0.25, 0.3) is 0 Å². The lowest BCUT2D eigenvalue weighted by Crippen LogP contribution is -2.64. The second kappa shape index (κ2) is 18.0. The van der Waals surface area contributed by atoms with Gasteiger partial charge in [-0.2, -0.15) is 0 Å². The summed E-state index contributed by atoms with van der Waals surface area (Å²) >= 11 is 2.04. The first kappa shape index (κ1) is 37.5. The molecule has 6 atom stereocenters. The fourth-order valence-electron chi connectivity index (χ4n) is 9.14. The number of hydrogen-bond donors (Lipinski definition) is 2. The van der Waals surface area contributed by atoms with Gasteiger partial charge in [0.2, 0.25) is 5.79 Å². The number of hydrogen-bond acceptors (Lipinski definition) is 9. The van der Waals surface area contributed by atoms with E-state index in [4.69, 9.17) is 24.2 Å². The third-order valence-corrected chi connectivity index (χ3v) is 13.4. The summed E-state index contributed by atoms with van der Waals surface area (Å²) in [4.78, 5) is 8.59. The number of aliphatic hydroxyl groups is 2. The molecular formula is C43H58N2O6S. The number of ether oxygens (including phenoxy) is 3. The van der Waals surface area contributed by atoms with Crippen LogP contribution in [-0.4, -0.2) is 83.2 Å². The molecule has 2 aromatic rings. The van der Waals surface area contributed by atoms with Gasteiger partial charge in [0.15, 0.2) is 0 Å². The molecule has 5 aliphatic rings. The molecule has 3 aliphatic carbocycles. The molecule has 0 aromatic heterocycles. The minimum atomic E-state index is -0.920. The average molecular weight is 731 g/mol. The van der Waals surface area contributed by atoms with Crippen molar-refractivity contribution >= 4 is 17.5 Å². The minimum absolute atomic E-state index is 0.0000241. The maximum absolute atomic E-state index is 9.89. The SMILES string of the molecule is C=CCOC12Oc3ccc(OCCN4CC4)cc3C3C(CCCCO)C(CCCCO)C=C(C(=NOCc4ccccc4)CC1SC1CCCC1)C32. The third kappa shape index (κ3) is 8.60. The third-order valence-electron chi connectivity index (χ3n) is 11.7. The van der Waals surface area contributed by atoms with Crippen molar-refractivity contribution in [3.05, 3.63) is 84.0 Å². The van der Waals surface area contributed by atoms with Gasteiger partial charge in [0, 0.05) is 56.0 Å². The fourth-order valence-corrected chi connectivity index (χ4v) is 10.9. The Morgan fingerprint density at radius 2 is 1.79 bits per heavy atom. The van der Waals surface area contributed by atoms with Crippen LogP contribution >= 0.6 is 11.8 Å². The Balaban J connectivity index is 1.34. The van der Waals surface area contributed by atoms with Crippen molar-refractivity contribution in [1.29, 1.82) is 0 Å². The van der Waals surface area contributed by atoms with Gasteiger partial charge in [-0.3, -0.25) is 4.90 Å². The zero-order chi connectivity index (χ0) is 35.8. The van der Waals surface area contributed by atoms with Crippen LogP contribution in [0.15, 0.2) is 78.0 Å². The predicted molar refractivity (Wildman–Crippen MR) is 208 cm³/mol. The van der Waals surface area contributed by atoms with E-state index in [0.717, 1.165) is 80.9 Å². The van der Waals surface area contributed by atoms with Gasteiger partial charge in [-0.1, -0.05) is 73.3 Å². The summed E-state index contributed by atoms with van der Waals surface area (Å²) in [5, 5.41) is 25.2. The molecule has 52 heavy (non-hydrogen) atoms. The smallest absolute Gasteiger partial charge is 0.230 e. The van der Waals surface area contributed by atoms with E-state index in [1.807, 2.05) is 36.0 Å². The lowest BCUT2D eigenvalue weighted by molar-refractivity contribution is -0.223. The van der Waals surface area contributed by atoms with Crippen LogP contribution in [0.1, 0.15) is 87.7 Å². The second-order valence-corrected chi connectivity index (χ2v) is 16.7. The Kier molecular flexibility index (Phi) is 13.0. The highest BCUT2D eigenvalue weighted by Gasteiger charge is 2.64. The molecule has 2 aromatic carbocycles. The second-order valence-electron chi connectivity index (χ2n) is 15.2. The number of fused-ring (bicyclic) bond motifs is 2. The van der Waals surface area contributed by atoms with Gasteiger partial charge in [-0.25, -0.2) is 0 Å². The number of oxime groups is 1. The standard InChI is InChI=1S/C43H58N2O6S/c1-2-25-49-43-40(52-34-15-6-7-16-34)29-38(44-50-30-31-12-4-3-5-13-31)36-27-32(14-8-10-23-46)35(17-9-11-24-47)41(42(36)43)37-28-33(18-19-39(37)51-43)48-26-22-45-20-21-45/h2-5,12-13,18-19,27-28,32,34-35,40-42,46-47H,1,6-11,14-17,20-26,29-30H2. The van der Waals surface area contributed by atoms with Crippen molar-refractivity contribution in [2.24, 2.45) is 22.9 Å². The molecule has 2 saturated carbocycles. The first-order chi connectivity index (χ1) is 25.6. The Morgan fingerprint density at radius 1 is 1.00 bits per heavy atom. The van der Waals surface area contributed by atoms with Crippen LogP contribution < -0.4 is 9.47 Å². The number of benzene rings is 2. The number of thioether (sulfide) groups is 1. The van der Waals surface area contributed by atoms with Crippen LogP contribution in [0.3, 0.4) is 0 Å². The molecule has 0 bridgehead atoms. The molecule has 1 saturated heterocycles. The largest absolute Gasteiger partial charge is 0.492 e. The van der Waals surface area contributed by atoms with E-state index in [2.05, 4.69) is 47.9 Å². The van der Waals surface area contributed by atoms with Gasteiger partial charge in [-0.15, -0.1) is 18.3 Å². The molecular weight excluding hydrogens is 673 g/mol. The van der Waals surface area contributed by atoms with Crippen LogP contribution in [0.25, 0.3) is 0 Å². The quantitative estimate of drug-likeness (QED) is 0.0616. The highest BCUT2D eigenvalue weighted by Crippen LogP contribution is 2.63. The molecule has 2 N–H and O–H groups in total. The molecule has 0 radical (unpaired) electrons. The van der Waals surface area contributed by atoms with Crippen molar-refractivity contribution in [3.8, 4) is 11.5 Å². The first-order valence-electron chi connectivity index (χ1n) is 19.9. The normalized spacial score (nSPS) is 28.8. The minimum Gasteiger partial charge on any atom is -0.492 e. The Labute approximate surface area is 314 Å². The van der Waals surface area contributed by atoms with Crippen molar-refractivity contribution in [2.75, 3.05) is 46.1 Å². The lowest BCUT2D eigenvalue weighted by Gasteiger charge is -2.58. The molecule has 282 valence electrons. The van der Waals surface area contributed by atoms with Gasteiger partial charge in [-0.05, 0) is 79.7 Å². The molecule has 2 heterocycles. The zero-order valence-electron chi connectivity index (χ0n) is 30.7. The zero-order valence-corrected chi connectivity index (χ0v) is 31.5. The molecule has 7 rings (SSSR count). The lowest BCUT2D eigenvalue weighted by atomic mass is 9.56. The molecule has 0 amide bonds. The number of aliphatic hydroxyl groups excluding tert-OH is 2. The fraction of sp³-hybridized carbons (Fsp3) is 0.605. The monoisotopic (exact) mass is 730 g/mol. The van der Waals surface area contributed by atoms with E-state index >= 15 is 0 Å². The van der Waals surface area contributed by atoms with Gasteiger partial charge in [0.1, 0.15) is 24.7 Å². The Morgan fingerprint density at radius 3 is 2.54 bits per heavy atom. The van der Waals surface area contributed by atoms with Crippen LogP contribution in [-0.2, 0) is 16.2 Å². The van der Waals surface area contributed by atoms with Crippen molar-refractivity contribution < 1.29 is 29.3 Å². The maximum atomic E-state index is 9.89. The highest BCUT2D eigenvalue weighted by molar-refractivity contribution is 8.00. The average Bonchev–Trinajstić information content (AvgIpc) is 3.85. The van der Waals surface area contributed by atoms with Gasteiger partial charge in [0.05, 0.1) is 23.5 Å². The van der Waals surface area contributed by atoms with Gasteiger partial charge < -0.3 is 29.3 Å². The summed E-state index contributed by atoms with van der Waals surface area (Å²) < 4.78 is 20.8. The number of unbranched alkanes of at least 4 members (excludes halogenated alkanes) is 2. The van der Waals surface area contributed by atoms with Crippen LogP contribution in [0, 0.1) is 17.8 Å². The van der Waals surface area contributed by atoms with E-state index in [-0.39, 0.29) is 42.1 Å². The molecule has 8 nitrogen and oxygen atoms in total. The van der Waals surface area contributed by atoms with Crippen molar-refractivity contribution in [2.45, 2.75) is 99.4 Å². The van der Waals surface area contributed by atoms with Crippen LogP contribution in [0.4, 0.5) is 0 Å². The number of rotatable bonds is 20. The van der Waals surface area contributed by atoms with Gasteiger partial charge >= 0.3 is 0 Å². The molecule has 2 aliphatic heterocycles. The summed E-state index contributed by atoms with van der Waals surface area (Å²) in [5.74, 6) is 1.33. The Hall–Kier alpha value is -2.82. The first-order valence-corrected chi connectivity index (χ1v) is 20.8. The van der Waals surface area contributed by atoms with Crippen LogP contribution in [0.2, 0.25) is 0 Å². The van der Waals surface area contributed by atoms with E-state index in [9.17, 15) is 10.2 Å². The van der Waals surface area contributed by atoms with E-state index in [1.54, 1.807) is 0 Å². The molecule has 3 fully saturated rings.